The molecule has 0 amide bonds. The van der Waals surface area contributed by atoms with Gasteiger partial charge in [-0.25, -0.2) is 14.8 Å². The van der Waals surface area contributed by atoms with E-state index in [1.54, 1.807) is 13.0 Å². The van der Waals surface area contributed by atoms with Crippen LogP contribution >= 0.6 is 0 Å². The van der Waals surface area contributed by atoms with Gasteiger partial charge in [-0.1, -0.05) is 30.9 Å². The van der Waals surface area contributed by atoms with Gasteiger partial charge in [0.1, 0.15) is 11.3 Å². The molecule has 5 nitrogen and oxygen atoms in total. The maximum Gasteiger partial charge on any atom is 0.340 e. The van der Waals surface area contributed by atoms with E-state index in [9.17, 15) is 4.79 Å². The van der Waals surface area contributed by atoms with Gasteiger partial charge in [0.05, 0.1) is 17.9 Å². The molecule has 3 rings (SSSR count). The first-order chi connectivity index (χ1) is 12.0. The van der Waals surface area contributed by atoms with Crippen molar-refractivity contribution in [3.05, 3.63) is 59.8 Å². The molecule has 1 aromatic carbocycles. The van der Waals surface area contributed by atoms with Crippen molar-refractivity contribution in [3.8, 4) is 11.3 Å². The number of carbonyl (C=O) groups is 1. The number of nitrogens with two attached hydrogens (primary N) is 1. The fourth-order valence-electron chi connectivity index (χ4n) is 2.76. The molecular weight excluding hydrogens is 314 g/mol. The topological polar surface area (TPSA) is 78.1 Å². The van der Waals surface area contributed by atoms with Crippen LogP contribution in [0.1, 0.15) is 28.4 Å². The van der Waals surface area contributed by atoms with Gasteiger partial charge < -0.3 is 10.5 Å². The molecule has 0 bridgehead atoms. The molecule has 0 saturated heterocycles. The number of ether oxygens (including phenoxy) is 1. The van der Waals surface area contributed by atoms with Crippen LogP contribution in [0.25, 0.3) is 28.2 Å². The highest BCUT2D eigenvalue weighted by Gasteiger charge is 2.16. The average molecular weight is 333 g/mol. The zero-order valence-electron chi connectivity index (χ0n) is 14.2. The second-order valence-electron chi connectivity index (χ2n) is 5.65. The quantitative estimate of drug-likeness (QED) is 0.730. The van der Waals surface area contributed by atoms with Gasteiger partial charge in [-0.15, -0.1) is 0 Å². The molecule has 0 aliphatic rings. The Kier molecular flexibility index (Phi) is 4.48. The molecule has 25 heavy (non-hydrogen) atoms. The third-order valence-electron chi connectivity index (χ3n) is 4.02. The van der Waals surface area contributed by atoms with E-state index >= 15 is 0 Å². The summed E-state index contributed by atoms with van der Waals surface area (Å²) in [5, 5.41) is 0.634. The van der Waals surface area contributed by atoms with Crippen molar-refractivity contribution >= 4 is 28.8 Å². The van der Waals surface area contributed by atoms with E-state index < -0.39 is 5.97 Å². The molecule has 0 atom stereocenters. The SMILES string of the molecule is C=Cc1ccc(-c2ccc3c(C(=O)OCC)cnc(N)c3n2)c(C)c1. The molecule has 2 heterocycles. The zero-order chi connectivity index (χ0) is 18.0. The van der Waals surface area contributed by atoms with E-state index in [-0.39, 0.29) is 5.82 Å². The molecule has 0 spiro atoms. The van der Waals surface area contributed by atoms with Crippen molar-refractivity contribution in [3.63, 3.8) is 0 Å². The minimum atomic E-state index is -0.430. The van der Waals surface area contributed by atoms with Crippen LogP contribution < -0.4 is 5.73 Å². The number of esters is 1. The van der Waals surface area contributed by atoms with Crippen molar-refractivity contribution in [1.82, 2.24) is 9.97 Å². The van der Waals surface area contributed by atoms with Gasteiger partial charge in [-0.2, -0.15) is 0 Å². The average Bonchev–Trinajstić information content (AvgIpc) is 2.62. The third-order valence-corrected chi connectivity index (χ3v) is 4.02. The Hall–Kier alpha value is -3.21. The standard InChI is InChI=1S/C20H19N3O2/c1-4-13-6-7-14(12(3)10-13)17-9-8-15-16(20(24)25-5-2)11-22-19(21)18(15)23-17/h4,6-11H,1,5H2,2-3H3,(H2,21,22). The predicted octanol–water partition coefficient (Wildman–Crippen LogP) is 4.01. The Morgan fingerprint density at radius 3 is 2.80 bits per heavy atom. The van der Waals surface area contributed by atoms with Crippen molar-refractivity contribution in [2.45, 2.75) is 13.8 Å². The van der Waals surface area contributed by atoms with Crippen LogP contribution in [0.2, 0.25) is 0 Å². The second-order valence-corrected chi connectivity index (χ2v) is 5.65. The van der Waals surface area contributed by atoms with Gasteiger partial charge in [-0.05, 0) is 37.1 Å². The molecule has 2 aromatic heterocycles. The molecule has 0 fully saturated rings. The molecule has 0 aliphatic carbocycles. The molecule has 3 aromatic rings. The highest BCUT2D eigenvalue weighted by Crippen LogP contribution is 2.28. The number of anilines is 1. The van der Waals surface area contributed by atoms with Crippen LogP contribution in [-0.4, -0.2) is 22.5 Å². The summed E-state index contributed by atoms with van der Waals surface area (Å²) in [6, 6.07) is 9.74. The number of nitrogen functional groups attached to an aromatic ring is 1. The Morgan fingerprint density at radius 1 is 1.32 bits per heavy atom. The lowest BCUT2D eigenvalue weighted by atomic mass is 10.0. The fourth-order valence-corrected chi connectivity index (χ4v) is 2.76. The first-order valence-corrected chi connectivity index (χ1v) is 8.01. The number of benzene rings is 1. The third kappa shape index (κ3) is 3.08. The van der Waals surface area contributed by atoms with Gasteiger partial charge in [0, 0.05) is 17.1 Å². The predicted molar refractivity (Wildman–Crippen MR) is 100 cm³/mol. The van der Waals surface area contributed by atoms with Crippen molar-refractivity contribution in [2.24, 2.45) is 0 Å². The second kappa shape index (κ2) is 6.73. The van der Waals surface area contributed by atoms with E-state index in [0.717, 1.165) is 22.4 Å². The molecule has 0 radical (unpaired) electrons. The normalized spacial score (nSPS) is 10.6. The van der Waals surface area contributed by atoms with Crippen LogP contribution in [-0.2, 0) is 4.74 Å². The van der Waals surface area contributed by atoms with E-state index in [4.69, 9.17) is 10.5 Å². The number of aryl methyl sites for hydroxylation is 1. The molecule has 5 heteroatoms. The van der Waals surface area contributed by atoms with Gasteiger partial charge in [0.2, 0.25) is 0 Å². The Labute approximate surface area is 146 Å². The summed E-state index contributed by atoms with van der Waals surface area (Å²) in [5.74, 6) is -0.147. The Morgan fingerprint density at radius 2 is 2.12 bits per heavy atom. The van der Waals surface area contributed by atoms with Crippen molar-refractivity contribution in [1.29, 1.82) is 0 Å². The van der Waals surface area contributed by atoms with Crippen LogP contribution in [0, 0.1) is 6.92 Å². The lowest BCUT2D eigenvalue weighted by molar-refractivity contribution is 0.0528. The van der Waals surface area contributed by atoms with Crippen molar-refractivity contribution < 1.29 is 9.53 Å². The van der Waals surface area contributed by atoms with Crippen LogP contribution in [0.15, 0.2) is 43.1 Å². The van der Waals surface area contributed by atoms with Crippen LogP contribution in [0.3, 0.4) is 0 Å². The Bertz CT molecular complexity index is 980. The summed E-state index contributed by atoms with van der Waals surface area (Å²) in [7, 11) is 0. The number of pyridine rings is 2. The van der Waals surface area contributed by atoms with Crippen LogP contribution in [0.4, 0.5) is 5.82 Å². The Balaban J connectivity index is 2.16. The van der Waals surface area contributed by atoms with Gasteiger partial charge in [-0.3, -0.25) is 0 Å². The highest BCUT2D eigenvalue weighted by atomic mass is 16.5. The van der Waals surface area contributed by atoms with E-state index in [2.05, 4.69) is 16.5 Å². The molecular formula is C20H19N3O2. The number of hydrogen-bond donors (Lipinski definition) is 1. The molecule has 126 valence electrons. The van der Waals surface area contributed by atoms with Crippen LogP contribution in [0.5, 0.6) is 0 Å². The van der Waals surface area contributed by atoms with Crippen molar-refractivity contribution in [2.75, 3.05) is 12.3 Å². The zero-order valence-corrected chi connectivity index (χ0v) is 14.2. The number of nitrogens with zero attached hydrogens (tertiary/aromatic N) is 2. The lowest BCUT2D eigenvalue weighted by Gasteiger charge is -2.10. The van der Waals surface area contributed by atoms with Gasteiger partial charge in [0.15, 0.2) is 0 Å². The number of carbonyl (C=O) groups excluding carboxylic acids is 1. The maximum atomic E-state index is 12.1. The molecule has 0 saturated carbocycles. The molecule has 2 N–H and O–H groups in total. The maximum absolute atomic E-state index is 12.1. The lowest BCUT2D eigenvalue weighted by Crippen LogP contribution is -2.08. The first-order valence-electron chi connectivity index (χ1n) is 8.01. The number of rotatable bonds is 4. The van der Waals surface area contributed by atoms with E-state index in [1.807, 2.05) is 37.3 Å². The summed E-state index contributed by atoms with van der Waals surface area (Å²) in [4.78, 5) is 20.8. The summed E-state index contributed by atoms with van der Waals surface area (Å²) >= 11 is 0. The fraction of sp³-hybridized carbons (Fsp3) is 0.150. The number of aromatic nitrogens is 2. The molecule has 0 aliphatic heterocycles. The summed E-state index contributed by atoms with van der Waals surface area (Å²) in [6.45, 7) is 7.86. The van der Waals surface area contributed by atoms with E-state index in [1.165, 1.54) is 6.20 Å². The monoisotopic (exact) mass is 333 g/mol. The highest BCUT2D eigenvalue weighted by molar-refractivity contribution is 6.06. The largest absolute Gasteiger partial charge is 0.462 e. The first kappa shape index (κ1) is 16.6. The van der Waals surface area contributed by atoms with Gasteiger partial charge in [0.25, 0.3) is 0 Å². The number of fused-ring (bicyclic) bond motifs is 1. The summed E-state index contributed by atoms with van der Waals surface area (Å²) < 4.78 is 5.08. The molecule has 0 unspecified atom stereocenters. The number of hydrogen-bond acceptors (Lipinski definition) is 5. The van der Waals surface area contributed by atoms with E-state index in [0.29, 0.717) is 23.1 Å². The van der Waals surface area contributed by atoms with Gasteiger partial charge >= 0.3 is 5.97 Å². The minimum Gasteiger partial charge on any atom is -0.462 e. The minimum absolute atomic E-state index is 0.283. The smallest absolute Gasteiger partial charge is 0.340 e. The summed E-state index contributed by atoms with van der Waals surface area (Å²) in [5.41, 5.74) is 10.7. The summed E-state index contributed by atoms with van der Waals surface area (Å²) in [6.07, 6.45) is 3.24.